The van der Waals surface area contributed by atoms with Crippen molar-refractivity contribution in [3.63, 3.8) is 0 Å². The number of rotatable bonds is 7. The molecule has 0 spiro atoms. The molecule has 30 heavy (non-hydrogen) atoms. The van der Waals surface area contributed by atoms with Crippen LogP contribution in [-0.4, -0.2) is 24.4 Å². The van der Waals surface area contributed by atoms with Crippen LogP contribution in [0.25, 0.3) is 0 Å². The third-order valence-electron chi connectivity index (χ3n) is 5.23. The van der Waals surface area contributed by atoms with E-state index in [2.05, 4.69) is 28.4 Å². The van der Waals surface area contributed by atoms with E-state index < -0.39 is 0 Å². The number of aryl methyl sites for hydroxylation is 1. The highest BCUT2D eigenvalue weighted by Gasteiger charge is 2.22. The maximum atomic E-state index is 12.3. The fourth-order valence-electron chi connectivity index (χ4n) is 3.44. The summed E-state index contributed by atoms with van der Waals surface area (Å²) < 4.78 is 0. The van der Waals surface area contributed by atoms with Gasteiger partial charge in [-0.3, -0.25) is 20.4 Å². The van der Waals surface area contributed by atoms with Gasteiger partial charge in [-0.25, -0.2) is 4.79 Å². The standard InChI is InChI=1S/C22H28N4O3S/c1-2-15-8-9-18-17(12-15)13-19(30-18)21(28)26-25-20(27)10-11-23-22(29)24-14-16-6-4-3-5-7-16/h3-7,13,15H,2,8-12,14H2,1H3,(H,25,27)(H,26,28)(H2,23,24,29)/t15-/m0/s1. The summed E-state index contributed by atoms with van der Waals surface area (Å²) in [5.74, 6) is 0.0311. The number of carbonyl (C=O) groups excluding carboxylic acids is 3. The van der Waals surface area contributed by atoms with E-state index in [1.807, 2.05) is 36.4 Å². The summed E-state index contributed by atoms with van der Waals surface area (Å²) in [6.45, 7) is 2.79. The second kappa shape index (κ2) is 10.8. The summed E-state index contributed by atoms with van der Waals surface area (Å²) in [7, 11) is 0. The molecule has 0 radical (unpaired) electrons. The van der Waals surface area contributed by atoms with E-state index in [9.17, 15) is 14.4 Å². The summed E-state index contributed by atoms with van der Waals surface area (Å²) >= 11 is 1.50. The molecule has 0 aliphatic heterocycles. The number of urea groups is 1. The number of hydrogen-bond donors (Lipinski definition) is 4. The van der Waals surface area contributed by atoms with Crippen LogP contribution in [0.1, 0.15) is 51.9 Å². The zero-order valence-electron chi connectivity index (χ0n) is 17.1. The van der Waals surface area contributed by atoms with E-state index in [0.717, 1.165) is 24.8 Å². The Bertz CT molecular complexity index is 882. The summed E-state index contributed by atoms with van der Waals surface area (Å²) in [6, 6.07) is 11.2. The van der Waals surface area contributed by atoms with E-state index in [1.165, 1.54) is 28.2 Å². The minimum absolute atomic E-state index is 0.0676. The van der Waals surface area contributed by atoms with Gasteiger partial charge < -0.3 is 10.6 Å². The Morgan fingerprint density at radius 2 is 1.90 bits per heavy atom. The maximum absolute atomic E-state index is 12.3. The lowest BCUT2D eigenvalue weighted by Gasteiger charge is -2.19. The first-order valence-corrected chi connectivity index (χ1v) is 11.1. The molecule has 0 unspecified atom stereocenters. The molecule has 2 aromatic rings. The fourth-order valence-corrected chi connectivity index (χ4v) is 4.54. The molecule has 1 atom stereocenters. The van der Waals surface area contributed by atoms with Crippen molar-refractivity contribution < 1.29 is 14.4 Å². The Balaban J connectivity index is 1.33. The van der Waals surface area contributed by atoms with Gasteiger partial charge in [0.15, 0.2) is 0 Å². The monoisotopic (exact) mass is 428 g/mol. The van der Waals surface area contributed by atoms with Crippen molar-refractivity contribution in [2.75, 3.05) is 6.54 Å². The van der Waals surface area contributed by atoms with Gasteiger partial charge in [-0.1, -0.05) is 43.7 Å². The van der Waals surface area contributed by atoms with Crippen molar-refractivity contribution in [2.45, 2.75) is 45.6 Å². The lowest BCUT2D eigenvalue weighted by Crippen LogP contribution is -2.43. The van der Waals surface area contributed by atoms with Crippen LogP contribution in [0, 0.1) is 5.92 Å². The van der Waals surface area contributed by atoms with Crippen LogP contribution in [0.5, 0.6) is 0 Å². The van der Waals surface area contributed by atoms with Crippen molar-refractivity contribution in [1.29, 1.82) is 0 Å². The molecule has 0 bridgehead atoms. The molecule has 8 heteroatoms. The smallest absolute Gasteiger partial charge is 0.315 e. The second-order valence-electron chi connectivity index (χ2n) is 7.42. The summed E-state index contributed by atoms with van der Waals surface area (Å²) in [5, 5.41) is 5.35. The Hall–Kier alpha value is -2.87. The lowest BCUT2D eigenvalue weighted by molar-refractivity contribution is -0.121. The second-order valence-corrected chi connectivity index (χ2v) is 8.56. The van der Waals surface area contributed by atoms with E-state index >= 15 is 0 Å². The van der Waals surface area contributed by atoms with Crippen molar-refractivity contribution in [3.05, 3.63) is 57.3 Å². The average Bonchev–Trinajstić information content (AvgIpc) is 3.20. The largest absolute Gasteiger partial charge is 0.338 e. The highest BCUT2D eigenvalue weighted by atomic mass is 32.1. The molecule has 1 heterocycles. The zero-order valence-corrected chi connectivity index (χ0v) is 17.9. The first-order chi connectivity index (χ1) is 14.5. The normalized spacial score (nSPS) is 15.0. The van der Waals surface area contributed by atoms with Crippen LogP contribution < -0.4 is 21.5 Å². The van der Waals surface area contributed by atoms with E-state index in [-0.39, 0.29) is 30.8 Å². The van der Waals surface area contributed by atoms with Crippen LogP contribution in [0.15, 0.2) is 36.4 Å². The van der Waals surface area contributed by atoms with Crippen LogP contribution in [-0.2, 0) is 24.2 Å². The number of hydrogen-bond acceptors (Lipinski definition) is 4. The lowest BCUT2D eigenvalue weighted by atomic mass is 9.87. The highest BCUT2D eigenvalue weighted by molar-refractivity contribution is 7.14. The molecule has 160 valence electrons. The van der Waals surface area contributed by atoms with Gasteiger partial charge >= 0.3 is 6.03 Å². The number of amides is 4. The maximum Gasteiger partial charge on any atom is 0.315 e. The third kappa shape index (κ3) is 6.32. The zero-order chi connectivity index (χ0) is 21.3. The van der Waals surface area contributed by atoms with Crippen LogP contribution in [0.4, 0.5) is 4.79 Å². The summed E-state index contributed by atoms with van der Waals surface area (Å²) in [5.41, 5.74) is 7.13. The van der Waals surface area contributed by atoms with E-state index in [4.69, 9.17) is 0 Å². The number of fused-ring (bicyclic) bond motifs is 1. The van der Waals surface area contributed by atoms with Crippen LogP contribution in [0.2, 0.25) is 0 Å². The Morgan fingerprint density at radius 1 is 1.10 bits per heavy atom. The first-order valence-electron chi connectivity index (χ1n) is 10.3. The molecule has 4 amide bonds. The average molecular weight is 429 g/mol. The van der Waals surface area contributed by atoms with Crippen LogP contribution in [0.3, 0.4) is 0 Å². The van der Waals surface area contributed by atoms with Crippen molar-refractivity contribution in [1.82, 2.24) is 21.5 Å². The molecule has 1 aliphatic rings. The molecule has 1 aromatic carbocycles. The summed E-state index contributed by atoms with van der Waals surface area (Å²) in [6.07, 6.45) is 4.45. The number of nitrogens with one attached hydrogen (secondary N) is 4. The molecule has 3 rings (SSSR count). The predicted molar refractivity (Wildman–Crippen MR) is 117 cm³/mol. The fraction of sp³-hybridized carbons (Fsp3) is 0.409. The topological polar surface area (TPSA) is 99.3 Å². The van der Waals surface area contributed by atoms with Gasteiger partial charge in [0, 0.05) is 24.4 Å². The van der Waals surface area contributed by atoms with Crippen molar-refractivity contribution in [2.24, 2.45) is 5.92 Å². The predicted octanol–water partition coefficient (Wildman–Crippen LogP) is 2.91. The SMILES string of the molecule is CC[C@H]1CCc2sc(C(=O)NNC(=O)CCNC(=O)NCc3ccccc3)cc2C1. The molecular formula is C22H28N4O3S. The van der Waals surface area contributed by atoms with Gasteiger partial charge in [-0.15, -0.1) is 11.3 Å². The Labute approximate surface area is 180 Å². The quantitative estimate of drug-likeness (QED) is 0.510. The molecule has 1 aromatic heterocycles. The summed E-state index contributed by atoms with van der Waals surface area (Å²) in [4.78, 5) is 37.9. The van der Waals surface area contributed by atoms with E-state index in [1.54, 1.807) is 0 Å². The molecule has 0 saturated heterocycles. The number of hydrazine groups is 1. The molecule has 0 fully saturated rings. The van der Waals surface area contributed by atoms with Gasteiger partial charge in [0.1, 0.15) is 0 Å². The minimum Gasteiger partial charge on any atom is -0.338 e. The van der Waals surface area contributed by atoms with Gasteiger partial charge in [-0.05, 0) is 42.4 Å². The number of carbonyl (C=O) groups is 3. The van der Waals surface area contributed by atoms with Gasteiger partial charge in [-0.2, -0.15) is 0 Å². The van der Waals surface area contributed by atoms with Crippen molar-refractivity contribution in [3.8, 4) is 0 Å². The molecule has 1 aliphatic carbocycles. The van der Waals surface area contributed by atoms with Crippen LogP contribution >= 0.6 is 11.3 Å². The Morgan fingerprint density at radius 3 is 2.67 bits per heavy atom. The number of thiophene rings is 1. The van der Waals surface area contributed by atoms with E-state index in [0.29, 0.717) is 17.3 Å². The Kier molecular flexibility index (Phi) is 7.84. The molecular weight excluding hydrogens is 400 g/mol. The highest BCUT2D eigenvalue weighted by Crippen LogP contribution is 2.33. The molecule has 0 saturated carbocycles. The van der Waals surface area contributed by atoms with Gasteiger partial charge in [0.2, 0.25) is 5.91 Å². The first kappa shape index (κ1) is 21.8. The molecule has 4 N–H and O–H groups in total. The molecule has 7 nitrogen and oxygen atoms in total. The minimum atomic E-state index is -0.362. The number of benzene rings is 1. The van der Waals surface area contributed by atoms with Gasteiger partial charge in [0.05, 0.1) is 4.88 Å². The van der Waals surface area contributed by atoms with Crippen molar-refractivity contribution >= 4 is 29.2 Å². The van der Waals surface area contributed by atoms with Gasteiger partial charge in [0.25, 0.3) is 5.91 Å². The third-order valence-corrected chi connectivity index (χ3v) is 6.47.